The van der Waals surface area contributed by atoms with Crippen molar-refractivity contribution in [3.05, 3.63) is 59.7 Å². The topological polar surface area (TPSA) is 106 Å². The maximum Gasteiger partial charge on any atom is 0.225 e. The zero-order valence-corrected chi connectivity index (χ0v) is 15.4. The van der Waals surface area contributed by atoms with Gasteiger partial charge in [-0.05, 0) is 36.4 Å². The van der Waals surface area contributed by atoms with Gasteiger partial charge >= 0.3 is 0 Å². The van der Waals surface area contributed by atoms with Crippen molar-refractivity contribution in [1.82, 2.24) is 0 Å². The van der Waals surface area contributed by atoms with E-state index in [0.717, 1.165) is 0 Å². The van der Waals surface area contributed by atoms with Gasteiger partial charge in [0.1, 0.15) is 0 Å². The zero-order chi connectivity index (χ0) is 19.5. The molecular formula is C20H18N4O2S. The smallest absolute Gasteiger partial charge is 0.225 e. The fourth-order valence-corrected chi connectivity index (χ4v) is 3.08. The summed E-state index contributed by atoms with van der Waals surface area (Å²) in [5.74, 6) is 0.938. The Labute approximate surface area is 162 Å². The SMILES string of the molecule is N#Cc1cccc(NC(=O)CCSCCC(=O)Nc2cccc(C#N)c2)c1. The number of carbonyl (C=O) groups excluding carboxylic acids is 2. The fourth-order valence-electron chi connectivity index (χ4n) is 2.21. The summed E-state index contributed by atoms with van der Waals surface area (Å²) in [4.78, 5) is 23.8. The maximum absolute atomic E-state index is 11.9. The highest BCUT2D eigenvalue weighted by atomic mass is 32.2. The van der Waals surface area contributed by atoms with Crippen molar-refractivity contribution >= 4 is 35.0 Å². The molecule has 0 aliphatic heterocycles. The molecule has 2 amide bonds. The van der Waals surface area contributed by atoms with Gasteiger partial charge in [-0.2, -0.15) is 22.3 Å². The van der Waals surface area contributed by atoms with Crippen molar-refractivity contribution in [2.75, 3.05) is 22.1 Å². The van der Waals surface area contributed by atoms with Crippen LogP contribution in [0.1, 0.15) is 24.0 Å². The van der Waals surface area contributed by atoms with E-state index in [1.807, 2.05) is 12.1 Å². The van der Waals surface area contributed by atoms with Crippen molar-refractivity contribution in [1.29, 1.82) is 10.5 Å². The second kappa shape index (κ2) is 10.6. The van der Waals surface area contributed by atoms with Gasteiger partial charge in [0.25, 0.3) is 0 Å². The predicted octanol–water partition coefficient (Wildman–Crippen LogP) is 3.52. The second-order valence-electron chi connectivity index (χ2n) is 5.59. The van der Waals surface area contributed by atoms with E-state index in [-0.39, 0.29) is 11.8 Å². The number of nitriles is 2. The highest BCUT2D eigenvalue weighted by molar-refractivity contribution is 7.99. The molecule has 7 heteroatoms. The summed E-state index contributed by atoms with van der Waals surface area (Å²) in [7, 11) is 0. The molecule has 2 rings (SSSR count). The van der Waals surface area contributed by atoms with Crippen molar-refractivity contribution in [3.8, 4) is 12.1 Å². The number of anilines is 2. The van der Waals surface area contributed by atoms with Crippen molar-refractivity contribution in [3.63, 3.8) is 0 Å². The van der Waals surface area contributed by atoms with Crippen LogP contribution < -0.4 is 10.6 Å². The number of benzene rings is 2. The van der Waals surface area contributed by atoms with Crippen LogP contribution >= 0.6 is 11.8 Å². The van der Waals surface area contributed by atoms with Crippen LogP contribution in [0.25, 0.3) is 0 Å². The molecule has 27 heavy (non-hydrogen) atoms. The van der Waals surface area contributed by atoms with Crippen LogP contribution in [0.15, 0.2) is 48.5 Å². The zero-order valence-electron chi connectivity index (χ0n) is 14.6. The van der Waals surface area contributed by atoms with Crippen molar-refractivity contribution in [2.24, 2.45) is 0 Å². The molecule has 0 unspecified atom stereocenters. The average Bonchev–Trinajstić information content (AvgIpc) is 2.68. The number of nitrogens with zero attached hydrogens (tertiary/aromatic N) is 2. The third kappa shape index (κ3) is 7.23. The van der Waals surface area contributed by atoms with Crippen LogP contribution in [0.4, 0.5) is 11.4 Å². The molecule has 0 aliphatic rings. The average molecular weight is 378 g/mol. The molecule has 136 valence electrons. The summed E-state index contributed by atoms with van der Waals surface area (Å²) >= 11 is 1.52. The summed E-state index contributed by atoms with van der Waals surface area (Å²) in [5, 5.41) is 23.2. The third-order valence-corrected chi connectivity index (χ3v) is 4.48. The summed E-state index contributed by atoms with van der Waals surface area (Å²) in [5.41, 5.74) is 2.19. The molecule has 0 saturated carbocycles. The standard InChI is InChI=1S/C20H18N4O2S/c21-13-15-3-1-5-17(11-15)23-19(25)7-9-27-10-8-20(26)24-18-6-2-4-16(12-18)14-22/h1-6,11-12H,7-10H2,(H,23,25)(H,24,26). The van der Waals surface area contributed by atoms with Gasteiger partial charge < -0.3 is 10.6 Å². The van der Waals surface area contributed by atoms with Crippen LogP contribution in [0, 0.1) is 22.7 Å². The van der Waals surface area contributed by atoms with Crippen LogP contribution in [0.3, 0.4) is 0 Å². The third-order valence-electron chi connectivity index (χ3n) is 3.50. The van der Waals surface area contributed by atoms with Gasteiger partial charge in [-0.15, -0.1) is 0 Å². The number of carbonyl (C=O) groups is 2. The van der Waals surface area contributed by atoms with E-state index in [2.05, 4.69) is 10.6 Å². The number of hydrogen-bond donors (Lipinski definition) is 2. The molecule has 6 nitrogen and oxygen atoms in total. The minimum absolute atomic E-state index is 0.129. The lowest BCUT2D eigenvalue weighted by Gasteiger charge is -2.06. The Kier molecular flexibility index (Phi) is 7.90. The molecular weight excluding hydrogens is 360 g/mol. The number of amides is 2. The van der Waals surface area contributed by atoms with Crippen LogP contribution in [-0.2, 0) is 9.59 Å². The minimum Gasteiger partial charge on any atom is -0.326 e. The van der Waals surface area contributed by atoms with Gasteiger partial charge in [-0.3, -0.25) is 9.59 Å². The Morgan fingerprint density at radius 3 is 1.67 bits per heavy atom. The summed E-state index contributed by atoms with van der Waals surface area (Å²) in [6, 6.07) is 17.5. The molecule has 0 radical (unpaired) electrons. The molecule has 0 aliphatic carbocycles. The van der Waals surface area contributed by atoms with Crippen LogP contribution in [0.5, 0.6) is 0 Å². The van der Waals surface area contributed by atoms with Crippen LogP contribution in [0.2, 0.25) is 0 Å². The second-order valence-corrected chi connectivity index (χ2v) is 6.82. The first-order valence-electron chi connectivity index (χ1n) is 8.28. The monoisotopic (exact) mass is 378 g/mol. The molecule has 0 heterocycles. The van der Waals surface area contributed by atoms with Gasteiger partial charge in [0.15, 0.2) is 0 Å². The first-order chi connectivity index (χ1) is 13.1. The van der Waals surface area contributed by atoms with Gasteiger partial charge in [0.2, 0.25) is 11.8 Å². The highest BCUT2D eigenvalue weighted by Crippen LogP contribution is 2.13. The highest BCUT2D eigenvalue weighted by Gasteiger charge is 2.06. The van der Waals surface area contributed by atoms with Gasteiger partial charge in [0, 0.05) is 35.7 Å². The van der Waals surface area contributed by atoms with E-state index in [9.17, 15) is 9.59 Å². The molecule has 0 spiro atoms. The van der Waals surface area contributed by atoms with E-state index in [0.29, 0.717) is 46.8 Å². The molecule has 0 aromatic heterocycles. The Hall–Kier alpha value is -3.29. The first kappa shape index (κ1) is 20.0. The van der Waals surface area contributed by atoms with E-state index in [1.165, 1.54) is 11.8 Å². The van der Waals surface area contributed by atoms with Gasteiger partial charge in [-0.25, -0.2) is 0 Å². The van der Waals surface area contributed by atoms with E-state index in [1.54, 1.807) is 48.5 Å². The lowest BCUT2D eigenvalue weighted by Crippen LogP contribution is -2.14. The largest absolute Gasteiger partial charge is 0.326 e. The Morgan fingerprint density at radius 2 is 1.26 bits per heavy atom. The number of hydrogen-bond acceptors (Lipinski definition) is 5. The summed E-state index contributed by atoms with van der Waals surface area (Å²) in [6.45, 7) is 0. The van der Waals surface area contributed by atoms with E-state index < -0.39 is 0 Å². The molecule has 0 bridgehead atoms. The Morgan fingerprint density at radius 1 is 0.815 bits per heavy atom. The molecule has 2 N–H and O–H groups in total. The Bertz CT molecular complexity index is 826. The van der Waals surface area contributed by atoms with E-state index >= 15 is 0 Å². The number of nitrogens with one attached hydrogen (secondary N) is 2. The maximum atomic E-state index is 11.9. The lowest BCUT2D eigenvalue weighted by atomic mass is 10.2. The minimum atomic E-state index is -0.129. The van der Waals surface area contributed by atoms with Gasteiger partial charge in [0.05, 0.1) is 23.3 Å². The van der Waals surface area contributed by atoms with E-state index in [4.69, 9.17) is 10.5 Å². The molecule has 0 fully saturated rings. The molecule has 2 aromatic rings. The predicted molar refractivity (Wildman–Crippen MR) is 106 cm³/mol. The normalized spacial score (nSPS) is 9.70. The first-order valence-corrected chi connectivity index (χ1v) is 9.44. The quantitative estimate of drug-likeness (QED) is 0.684. The molecule has 2 aromatic carbocycles. The number of rotatable bonds is 8. The van der Waals surface area contributed by atoms with Gasteiger partial charge in [-0.1, -0.05) is 12.1 Å². The fraction of sp³-hybridized carbons (Fsp3) is 0.200. The summed E-state index contributed by atoms with van der Waals surface area (Å²) < 4.78 is 0. The van der Waals surface area contributed by atoms with Crippen molar-refractivity contribution in [2.45, 2.75) is 12.8 Å². The lowest BCUT2D eigenvalue weighted by molar-refractivity contribution is -0.116. The molecule has 0 saturated heterocycles. The molecule has 0 atom stereocenters. The summed E-state index contributed by atoms with van der Waals surface area (Å²) in [6.07, 6.45) is 0.653. The Balaban J connectivity index is 1.63. The number of thioether (sulfide) groups is 1. The van der Waals surface area contributed by atoms with Crippen LogP contribution in [-0.4, -0.2) is 23.3 Å². The van der Waals surface area contributed by atoms with Crippen molar-refractivity contribution < 1.29 is 9.59 Å².